The lowest BCUT2D eigenvalue weighted by Gasteiger charge is -2.17. The minimum atomic E-state index is 1.13. The zero-order valence-corrected chi connectivity index (χ0v) is 27.1. The van der Waals surface area contributed by atoms with Crippen molar-refractivity contribution in [3.8, 4) is 11.1 Å². The van der Waals surface area contributed by atoms with Gasteiger partial charge in [-0.2, -0.15) is 0 Å². The van der Waals surface area contributed by atoms with E-state index in [2.05, 4.69) is 111 Å². The molecule has 0 aromatic heterocycles. The first-order valence-corrected chi connectivity index (χ1v) is 17.6. The van der Waals surface area contributed by atoms with Crippen molar-refractivity contribution in [2.24, 2.45) is 0 Å². The lowest BCUT2D eigenvalue weighted by molar-refractivity contribution is 0.609. The van der Waals surface area contributed by atoms with Crippen LogP contribution in [0.15, 0.2) is 91.0 Å². The quantitative estimate of drug-likeness (QED) is 0.0841. The summed E-state index contributed by atoms with van der Waals surface area (Å²) >= 11 is 0. The largest absolute Gasteiger partial charge is 0.0654 e. The Morgan fingerprint density at radius 1 is 0.455 bits per heavy atom. The molecule has 0 heterocycles. The first-order valence-electron chi connectivity index (χ1n) is 17.6. The zero-order chi connectivity index (χ0) is 30.1. The topological polar surface area (TPSA) is 0 Å². The predicted octanol–water partition coefficient (Wildman–Crippen LogP) is 13.6. The van der Waals surface area contributed by atoms with Gasteiger partial charge in [0.05, 0.1) is 0 Å². The summed E-state index contributed by atoms with van der Waals surface area (Å²) in [5.74, 6) is 0. The Morgan fingerprint density at radius 2 is 1.02 bits per heavy atom. The van der Waals surface area contributed by atoms with Gasteiger partial charge >= 0.3 is 0 Å². The maximum Gasteiger partial charge on any atom is -0.00138 e. The van der Waals surface area contributed by atoms with Gasteiger partial charge in [0.15, 0.2) is 0 Å². The fourth-order valence-corrected chi connectivity index (χ4v) is 7.39. The third kappa shape index (κ3) is 6.71. The van der Waals surface area contributed by atoms with Gasteiger partial charge < -0.3 is 0 Å². The molecule has 0 N–H and O–H groups in total. The normalized spacial score (nSPS) is 11.8. The number of hydrogen-bond acceptors (Lipinski definition) is 0. The standard InChI is InChI=1S/C44H49/c1-3-5-7-9-11-13-25-42-38-23-17-15-21-34(38)31-37-32-35(28-29-40(37)42)41-27-19-22-36-30-33-20-16-18-24-39(33)43(44(36)41)26-14-12-10-8-6-4-2/h15-24,27-31H,3-14,25-26H2,1-2H3. The highest BCUT2D eigenvalue weighted by molar-refractivity contribution is 6.10. The Bertz CT molecular complexity index is 1840. The predicted molar refractivity (Wildman–Crippen MR) is 195 cm³/mol. The van der Waals surface area contributed by atoms with E-state index in [0.29, 0.717) is 0 Å². The fourth-order valence-electron chi connectivity index (χ4n) is 7.39. The van der Waals surface area contributed by atoms with Crippen LogP contribution in [-0.2, 0) is 12.8 Å². The van der Waals surface area contributed by atoms with Crippen LogP contribution in [0, 0.1) is 6.07 Å². The summed E-state index contributed by atoms with van der Waals surface area (Å²) < 4.78 is 0. The molecule has 44 heavy (non-hydrogen) atoms. The molecular weight excluding hydrogens is 528 g/mol. The highest BCUT2D eigenvalue weighted by Gasteiger charge is 2.15. The van der Waals surface area contributed by atoms with Gasteiger partial charge in [-0.05, 0) is 109 Å². The van der Waals surface area contributed by atoms with Crippen LogP contribution in [0.4, 0.5) is 0 Å². The van der Waals surface area contributed by atoms with Gasteiger partial charge in [0.1, 0.15) is 0 Å². The molecule has 0 spiro atoms. The SMILES string of the molecule is CCCCCCCCc1c2ccc(-c3cccc4cc5ccccc5c(CCCCCCCC)c34)[c]c2cc2ccccc12. The summed E-state index contributed by atoms with van der Waals surface area (Å²) in [6.45, 7) is 4.59. The molecule has 0 saturated carbocycles. The second kappa shape index (κ2) is 14.9. The molecule has 0 aliphatic carbocycles. The summed E-state index contributed by atoms with van der Waals surface area (Å²) in [6.07, 6.45) is 18.1. The van der Waals surface area contributed by atoms with E-state index in [9.17, 15) is 0 Å². The van der Waals surface area contributed by atoms with Crippen molar-refractivity contribution in [2.45, 2.75) is 104 Å². The molecule has 0 amide bonds. The van der Waals surface area contributed by atoms with E-state index < -0.39 is 0 Å². The summed E-state index contributed by atoms with van der Waals surface area (Å²) in [6, 6.07) is 38.3. The molecule has 0 bridgehead atoms. The molecule has 0 atom stereocenters. The molecule has 1 radical (unpaired) electrons. The van der Waals surface area contributed by atoms with Gasteiger partial charge in [0.25, 0.3) is 0 Å². The van der Waals surface area contributed by atoms with Crippen LogP contribution in [-0.4, -0.2) is 0 Å². The molecule has 0 saturated heterocycles. The highest BCUT2D eigenvalue weighted by atomic mass is 14.2. The Hall–Kier alpha value is -3.64. The second-order valence-electron chi connectivity index (χ2n) is 12.9. The monoisotopic (exact) mass is 577 g/mol. The van der Waals surface area contributed by atoms with Crippen LogP contribution in [0.25, 0.3) is 54.2 Å². The lowest BCUT2D eigenvalue weighted by Crippen LogP contribution is -1.95. The first kappa shape index (κ1) is 30.4. The molecule has 0 unspecified atom stereocenters. The van der Waals surface area contributed by atoms with E-state index >= 15 is 0 Å². The van der Waals surface area contributed by atoms with E-state index in [-0.39, 0.29) is 0 Å². The van der Waals surface area contributed by atoms with Crippen LogP contribution in [0.5, 0.6) is 0 Å². The van der Waals surface area contributed by atoms with Crippen molar-refractivity contribution in [1.29, 1.82) is 0 Å². The second-order valence-corrected chi connectivity index (χ2v) is 12.9. The van der Waals surface area contributed by atoms with Crippen LogP contribution in [0.3, 0.4) is 0 Å². The van der Waals surface area contributed by atoms with Crippen molar-refractivity contribution in [3.63, 3.8) is 0 Å². The van der Waals surface area contributed by atoms with Crippen molar-refractivity contribution in [1.82, 2.24) is 0 Å². The van der Waals surface area contributed by atoms with Gasteiger partial charge in [0.2, 0.25) is 0 Å². The van der Waals surface area contributed by atoms with Crippen LogP contribution >= 0.6 is 0 Å². The third-order valence-corrected chi connectivity index (χ3v) is 9.73. The molecule has 0 nitrogen and oxygen atoms in total. The number of aryl methyl sites for hydroxylation is 2. The van der Waals surface area contributed by atoms with E-state index in [1.54, 1.807) is 0 Å². The zero-order valence-electron chi connectivity index (χ0n) is 27.1. The van der Waals surface area contributed by atoms with Gasteiger partial charge in [-0.15, -0.1) is 0 Å². The summed E-state index contributed by atoms with van der Waals surface area (Å²) in [5, 5.41) is 10.9. The van der Waals surface area contributed by atoms with Crippen molar-refractivity contribution in [2.75, 3.05) is 0 Å². The summed E-state index contributed by atoms with van der Waals surface area (Å²) in [4.78, 5) is 0. The Kier molecular flexibility index (Phi) is 10.3. The van der Waals surface area contributed by atoms with E-state index in [1.165, 1.54) is 142 Å². The van der Waals surface area contributed by atoms with E-state index in [1.807, 2.05) is 0 Å². The fraction of sp³-hybridized carbons (Fsp3) is 0.364. The summed E-state index contributed by atoms with van der Waals surface area (Å²) in [7, 11) is 0. The Balaban J connectivity index is 1.40. The smallest absolute Gasteiger partial charge is 0.00138 e. The average Bonchev–Trinajstić information content (AvgIpc) is 3.06. The van der Waals surface area contributed by atoms with Gasteiger partial charge in [-0.1, -0.05) is 157 Å². The van der Waals surface area contributed by atoms with Crippen LogP contribution < -0.4 is 0 Å². The molecule has 6 aromatic carbocycles. The third-order valence-electron chi connectivity index (χ3n) is 9.73. The number of hydrogen-bond donors (Lipinski definition) is 0. The number of unbranched alkanes of at least 4 members (excludes halogenated alkanes) is 10. The molecule has 6 rings (SSSR count). The maximum absolute atomic E-state index is 3.95. The molecule has 0 aliphatic rings. The highest BCUT2D eigenvalue weighted by Crippen LogP contribution is 2.39. The Labute approximate surface area is 265 Å². The average molecular weight is 578 g/mol. The van der Waals surface area contributed by atoms with Crippen LogP contribution in [0.1, 0.15) is 102 Å². The number of benzene rings is 6. The number of fused-ring (bicyclic) bond motifs is 4. The van der Waals surface area contributed by atoms with E-state index in [0.717, 1.165) is 12.8 Å². The van der Waals surface area contributed by atoms with Crippen molar-refractivity contribution < 1.29 is 0 Å². The van der Waals surface area contributed by atoms with Gasteiger partial charge in [-0.3, -0.25) is 0 Å². The van der Waals surface area contributed by atoms with Gasteiger partial charge in [0, 0.05) is 0 Å². The maximum atomic E-state index is 3.95. The number of rotatable bonds is 15. The molecule has 0 heteroatoms. The molecule has 0 aliphatic heterocycles. The molecule has 6 aromatic rings. The van der Waals surface area contributed by atoms with Crippen LogP contribution in [0.2, 0.25) is 0 Å². The summed E-state index contributed by atoms with van der Waals surface area (Å²) in [5.41, 5.74) is 5.55. The van der Waals surface area contributed by atoms with Crippen molar-refractivity contribution in [3.05, 3.63) is 108 Å². The molecule has 0 fully saturated rings. The van der Waals surface area contributed by atoms with Crippen molar-refractivity contribution >= 4 is 43.1 Å². The lowest BCUT2D eigenvalue weighted by atomic mass is 9.87. The Morgan fingerprint density at radius 3 is 1.73 bits per heavy atom. The molecular formula is C44H49. The van der Waals surface area contributed by atoms with Gasteiger partial charge in [-0.25, -0.2) is 0 Å². The molecule has 225 valence electrons. The minimum absolute atomic E-state index is 1.13. The first-order chi connectivity index (χ1) is 21.8. The minimum Gasteiger partial charge on any atom is -0.0654 e. The van der Waals surface area contributed by atoms with E-state index in [4.69, 9.17) is 0 Å².